The zero-order valence-electron chi connectivity index (χ0n) is 20.5. The molecule has 2 saturated heterocycles. The van der Waals surface area contributed by atoms with E-state index < -0.39 is 0 Å². The molecule has 3 aliphatic rings. The number of pyridine rings is 1. The first-order valence-electron chi connectivity index (χ1n) is 12.9. The van der Waals surface area contributed by atoms with Gasteiger partial charge in [0, 0.05) is 51.9 Å². The fraction of sp³-hybridized carbons (Fsp3) is 0.571. The molecule has 1 aromatic heterocycles. The number of ketones is 1. The van der Waals surface area contributed by atoms with Crippen LogP contribution in [0.15, 0.2) is 42.6 Å². The zero-order chi connectivity index (χ0) is 24.4. The summed E-state index contributed by atoms with van der Waals surface area (Å²) in [6.07, 6.45) is 7.66. The third-order valence-corrected chi connectivity index (χ3v) is 9.32. The molecule has 3 fully saturated rings. The van der Waals surface area contributed by atoms with Gasteiger partial charge in [0.1, 0.15) is 5.78 Å². The molecule has 1 saturated carbocycles. The average molecular weight is 517 g/mol. The molecule has 1 unspecified atom stereocenters. The molecule has 5 rings (SSSR count). The van der Waals surface area contributed by atoms with Crippen LogP contribution in [0.3, 0.4) is 0 Å². The summed E-state index contributed by atoms with van der Waals surface area (Å²) in [6, 6.07) is 12.5. The zero-order valence-corrected chi connectivity index (χ0v) is 22.0. The highest BCUT2D eigenvalue weighted by atomic mass is 35.5. The number of benzene rings is 1. The predicted molar refractivity (Wildman–Crippen MR) is 140 cm³/mol. The second kappa shape index (κ2) is 10.9. The van der Waals surface area contributed by atoms with Crippen LogP contribution in [-0.2, 0) is 14.9 Å². The molecule has 2 aromatic rings. The normalized spacial score (nSPS) is 27.2. The summed E-state index contributed by atoms with van der Waals surface area (Å²) in [5.74, 6) is 0.119. The quantitative estimate of drug-likeness (QED) is 0.497. The number of aromatic nitrogens is 1. The highest BCUT2D eigenvalue weighted by Crippen LogP contribution is 2.47. The molecule has 0 N–H and O–H groups in total. The summed E-state index contributed by atoms with van der Waals surface area (Å²) in [4.78, 5) is 22.7. The number of carbonyl (C=O) groups excluding carboxylic acids is 1. The summed E-state index contributed by atoms with van der Waals surface area (Å²) >= 11 is 12.7. The molecule has 1 aromatic carbocycles. The van der Waals surface area contributed by atoms with Gasteiger partial charge < -0.3 is 9.64 Å². The topological polar surface area (TPSA) is 45.7 Å². The summed E-state index contributed by atoms with van der Waals surface area (Å²) in [6.45, 7) is 5.54. The van der Waals surface area contributed by atoms with Gasteiger partial charge in [0.2, 0.25) is 0 Å². The first-order valence-corrected chi connectivity index (χ1v) is 13.6. The minimum atomic E-state index is -0.175. The summed E-state index contributed by atoms with van der Waals surface area (Å²) in [5, 5.41) is 1.15. The molecule has 0 radical (unpaired) electrons. The SMILES string of the molecule is COC1CCN(C2CN(CC[C@]3(c4ccc(Cl)c(Cl)c4)CCC(=O)C(c4ccccn4)C3)C2)CC1. The van der Waals surface area contributed by atoms with Gasteiger partial charge in [0.15, 0.2) is 0 Å². The lowest BCUT2D eigenvalue weighted by atomic mass is 9.63. The van der Waals surface area contributed by atoms with Crippen molar-refractivity contribution in [3.05, 3.63) is 63.9 Å². The van der Waals surface area contributed by atoms with Gasteiger partial charge in [-0.25, -0.2) is 0 Å². The number of rotatable bonds is 7. The molecule has 0 spiro atoms. The van der Waals surface area contributed by atoms with Crippen molar-refractivity contribution in [3.63, 3.8) is 0 Å². The molecule has 3 heterocycles. The standard InChI is InChI=1S/C28H35Cl2N3O2/c1-35-22-8-13-33(14-9-22)21-18-32(19-21)15-11-28(20-5-6-24(29)25(30)16-20)10-7-27(34)23(17-28)26-4-2-3-12-31-26/h2-6,12,16,21-23H,7-11,13-15,17-19H2,1H3/t23?,28-/m1/s1. The average Bonchev–Trinajstić information content (AvgIpc) is 2.86. The van der Waals surface area contributed by atoms with Crippen LogP contribution in [0.2, 0.25) is 10.0 Å². The molecular weight excluding hydrogens is 481 g/mol. The molecule has 0 bridgehead atoms. The van der Waals surface area contributed by atoms with Gasteiger partial charge in [0.25, 0.3) is 0 Å². The highest BCUT2D eigenvalue weighted by molar-refractivity contribution is 6.42. The number of nitrogens with zero attached hydrogens (tertiary/aromatic N) is 3. The largest absolute Gasteiger partial charge is 0.381 e. The van der Waals surface area contributed by atoms with Gasteiger partial charge in [-0.2, -0.15) is 0 Å². The van der Waals surface area contributed by atoms with Gasteiger partial charge in [-0.3, -0.25) is 14.7 Å². The maximum Gasteiger partial charge on any atom is 0.141 e. The van der Waals surface area contributed by atoms with Crippen molar-refractivity contribution in [2.75, 3.05) is 39.8 Å². The highest BCUT2D eigenvalue weighted by Gasteiger charge is 2.44. The van der Waals surface area contributed by atoms with Crippen molar-refractivity contribution in [2.45, 2.75) is 62.0 Å². The molecule has 1 aliphatic carbocycles. The molecule has 188 valence electrons. The summed E-state index contributed by atoms with van der Waals surface area (Å²) in [7, 11) is 1.83. The van der Waals surface area contributed by atoms with E-state index in [1.165, 1.54) is 5.56 Å². The number of ether oxygens (including phenoxy) is 1. The Morgan fingerprint density at radius 1 is 1.11 bits per heavy atom. The van der Waals surface area contributed by atoms with E-state index in [-0.39, 0.29) is 11.3 Å². The van der Waals surface area contributed by atoms with Crippen molar-refractivity contribution in [1.29, 1.82) is 0 Å². The molecule has 35 heavy (non-hydrogen) atoms. The number of Topliss-reactive ketones (excluding diaryl/α,β-unsaturated/α-hetero) is 1. The van der Waals surface area contributed by atoms with Crippen LogP contribution in [0.25, 0.3) is 0 Å². The van der Waals surface area contributed by atoms with E-state index in [1.54, 1.807) is 6.20 Å². The number of carbonyl (C=O) groups is 1. The fourth-order valence-corrected chi connectivity index (χ4v) is 6.56. The number of likely N-dealkylation sites (tertiary alicyclic amines) is 2. The van der Waals surface area contributed by atoms with Crippen LogP contribution in [0.5, 0.6) is 0 Å². The van der Waals surface area contributed by atoms with Crippen molar-refractivity contribution in [3.8, 4) is 0 Å². The van der Waals surface area contributed by atoms with E-state index in [9.17, 15) is 4.79 Å². The van der Waals surface area contributed by atoms with Crippen LogP contribution in [0.4, 0.5) is 0 Å². The van der Waals surface area contributed by atoms with E-state index in [0.29, 0.717) is 34.4 Å². The van der Waals surface area contributed by atoms with Gasteiger partial charge >= 0.3 is 0 Å². The van der Waals surface area contributed by atoms with Crippen molar-refractivity contribution < 1.29 is 9.53 Å². The predicted octanol–water partition coefficient (Wildman–Crippen LogP) is 5.35. The maximum absolute atomic E-state index is 13.0. The Labute approximate surface area is 218 Å². The number of hydrogen-bond donors (Lipinski definition) is 0. The Kier molecular flexibility index (Phi) is 7.81. The van der Waals surface area contributed by atoms with Gasteiger partial charge in [-0.15, -0.1) is 0 Å². The van der Waals surface area contributed by atoms with Crippen molar-refractivity contribution in [1.82, 2.24) is 14.8 Å². The molecule has 2 aliphatic heterocycles. The molecular formula is C28H35Cl2N3O2. The third kappa shape index (κ3) is 5.45. The fourth-order valence-electron chi connectivity index (χ4n) is 6.26. The van der Waals surface area contributed by atoms with Crippen LogP contribution in [0, 0.1) is 0 Å². The first kappa shape index (κ1) is 25.2. The lowest BCUT2D eigenvalue weighted by molar-refractivity contribution is -0.123. The molecule has 5 nitrogen and oxygen atoms in total. The second-order valence-electron chi connectivity index (χ2n) is 10.5. The van der Waals surface area contributed by atoms with Crippen LogP contribution < -0.4 is 0 Å². The van der Waals surface area contributed by atoms with Crippen LogP contribution in [0.1, 0.15) is 55.7 Å². The first-order chi connectivity index (χ1) is 17.0. The molecule has 2 atom stereocenters. The Morgan fingerprint density at radius 2 is 1.91 bits per heavy atom. The van der Waals surface area contributed by atoms with Crippen molar-refractivity contribution in [2.24, 2.45) is 0 Å². The maximum atomic E-state index is 13.0. The lowest BCUT2D eigenvalue weighted by Gasteiger charge is -2.49. The smallest absolute Gasteiger partial charge is 0.141 e. The van der Waals surface area contributed by atoms with E-state index in [2.05, 4.69) is 20.9 Å². The Balaban J connectivity index is 1.29. The van der Waals surface area contributed by atoms with Crippen molar-refractivity contribution >= 4 is 29.0 Å². The van der Waals surface area contributed by atoms with Crippen LogP contribution in [-0.4, -0.2) is 72.5 Å². The monoisotopic (exact) mass is 515 g/mol. The Hall–Kier alpha value is -1.50. The van der Waals surface area contributed by atoms with Gasteiger partial charge in [-0.1, -0.05) is 35.3 Å². The Bertz CT molecular complexity index is 1020. The second-order valence-corrected chi connectivity index (χ2v) is 11.3. The van der Waals surface area contributed by atoms with E-state index in [0.717, 1.165) is 70.5 Å². The molecule has 7 heteroatoms. The van der Waals surface area contributed by atoms with E-state index >= 15 is 0 Å². The number of halogens is 2. The summed E-state index contributed by atoms with van der Waals surface area (Å²) < 4.78 is 5.53. The van der Waals surface area contributed by atoms with E-state index in [4.69, 9.17) is 27.9 Å². The number of hydrogen-bond acceptors (Lipinski definition) is 5. The molecule has 0 amide bonds. The number of methoxy groups -OCH3 is 1. The lowest BCUT2D eigenvalue weighted by Crippen LogP contribution is -2.61. The summed E-state index contributed by atoms with van der Waals surface area (Å²) in [5.41, 5.74) is 1.95. The third-order valence-electron chi connectivity index (χ3n) is 8.58. The van der Waals surface area contributed by atoms with Gasteiger partial charge in [-0.05, 0) is 73.9 Å². The number of piperidine rings is 1. The Morgan fingerprint density at radius 3 is 2.60 bits per heavy atom. The minimum Gasteiger partial charge on any atom is -0.381 e. The van der Waals surface area contributed by atoms with E-state index in [1.807, 2.05) is 37.4 Å². The van der Waals surface area contributed by atoms with Gasteiger partial charge in [0.05, 0.1) is 27.8 Å². The minimum absolute atomic E-state index is 0.119. The van der Waals surface area contributed by atoms with Crippen LogP contribution >= 0.6 is 23.2 Å².